The Labute approximate surface area is 183 Å². The lowest BCUT2D eigenvalue weighted by atomic mass is 10.1. The van der Waals surface area contributed by atoms with Crippen molar-refractivity contribution in [3.63, 3.8) is 0 Å². The van der Waals surface area contributed by atoms with Gasteiger partial charge in [-0.25, -0.2) is 4.39 Å². The predicted molar refractivity (Wildman–Crippen MR) is 122 cm³/mol. The molecule has 0 bridgehead atoms. The smallest absolute Gasteiger partial charge is 0.242 e. The molecule has 0 spiro atoms. The third-order valence-corrected chi connectivity index (χ3v) is 5.83. The van der Waals surface area contributed by atoms with E-state index in [-0.39, 0.29) is 23.4 Å². The summed E-state index contributed by atoms with van der Waals surface area (Å²) in [5.74, 6) is 0.388. The van der Waals surface area contributed by atoms with E-state index in [1.807, 2.05) is 31.2 Å². The molecule has 0 aliphatic carbocycles. The molecule has 0 aliphatic rings. The van der Waals surface area contributed by atoms with Gasteiger partial charge in [-0.1, -0.05) is 55.3 Å². The Hall–Kier alpha value is -2.34. The van der Waals surface area contributed by atoms with Gasteiger partial charge in [0.15, 0.2) is 0 Å². The summed E-state index contributed by atoms with van der Waals surface area (Å²) in [7, 11) is 0. The monoisotopic (exact) mass is 430 g/mol. The van der Waals surface area contributed by atoms with Crippen LogP contribution in [0.2, 0.25) is 0 Å². The van der Waals surface area contributed by atoms with Gasteiger partial charge in [0.05, 0.1) is 5.75 Å². The zero-order valence-corrected chi connectivity index (χ0v) is 18.8. The van der Waals surface area contributed by atoms with Crippen LogP contribution in [0.3, 0.4) is 0 Å². The van der Waals surface area contributed by atoms with Crippen LogP contribution in [0.25, 0.3) is 0 Å². The number of thioether (sulfide) groups is 1. The molecule has 0 aromatic heterocycles. The molecule has 2 amide bonds. The molecule has 1 unspecified atom stereocenters. The number of nitrogens with zero attached hydrogens (tertiary/aromatic N) is 1. The highest BCUT2D eigenvalue weighted by Crippen LogP contribution is 2.17. The van der Waals surface area contributed by atoms with E-state index in [1.54, 1.807) is 24.0 Å². The molecule has 2 aromatic carbocycles. The molecule has 0 saturated carbocycles. The Morgan fingerprint density at radius 3 is 2.53 bits per heavy atom. The van der Waals surface area contributed by atoms with Gasteiger partial charge >= 0.3 is 0 Å². The lowest BCUT2D eigenvalue weighted by Gasteiger charge is -2.29. The third kappa shape index (κ3) is 7.82. The van der Waals surface area contributed by atoms with Crippen LogP contribution in [-0.4, -0.2) is 35.1 Å². The average molecular weight is 431 g/mol. The molecule has 0 heterocycles. The van der Waals surface area contributed by atoms with E-state index in [1.165, 1.54) is 23.9 Å². The van der Waals surface area contributed by atoms with Crippen LogP contribution in [0.15, 0.2) is 48.5 Å². The first-order chi connectivity index (χ1) is 14.4. The number of hydrogen-bond acceptors (Lipinski definition) is 3. The summed E-state index contributed by atoms with van der Waals surface area (Å²) in [6, 6.07) is 13.7. The van der Waals surface area contributed by atoms with Crippen molar-refractivity contribution in [3.8, 4) is 0 Å². The molecular weight excluding hydrogens is 399 g/mol. The van der Waals surface area contributed by atoms with Crippen LogP contribution in [0, 0.1) is 12.7 Å². The molecule has 6 heteroatoms. The fourth-order valence-electron chi connectivity index (χ4n) is 3.05. The Bertz CT molecular complexity index is 826. The highest BCUT2D eigenvalue weighted by molar-refractivity contribution is 7.99. The van der Waals surface area contributed by atoms with E-state index in [0.717, 1.165) is 29.5 Å². The molecule has 0 radical (unpaired) electrons. The number of benzene rings is 2. The molecule has 30 heavy (non-hydrogen) atoms. The Morgan fingerprint density at radius 1 is 1.13 bits per heavy atom. The Balaban J connectivity index is 2.03. The topological polar surface area (TPSA) is 49.4 Å². The highest BCUT2D eigenvalue weighted by atomic mass is 32.2. The van der Waals surface area contributed by atoms with Crippen molar-refractivity contribution in [1.29, 1.82) is 0 Å². The SMILES string of the molecule is CCCCNC(=O)C(C)N(Cc1cccc(C)c1)C(=O)CSCc1ccc(F)cc1. The Morgan fingerprint density at radius 2 is 1.87 bits per heavy atom. The molecular formula is C24H31FN2O2S. The van der Waals surface area contributed by atoms with Gasteiger partial charge in [-0.3, -0.25) is 9.59 Å². The summed E-state index contributed by atoms with van der Waals surface area (Å²) < 4.78 is 13.0. The number of aryl methyl sites for hydroxylation is 1. The molecule has 2 rings (SSSR count). The normalized spacial score (nSPS) is 11.7. The van der Waals surface area contributed by atoms with E-state index in [9.17, 15) is 14.0 Å². The van der Waals surface area contributed by atoms with Crippen molar-refractivity contribution in [1.82, 2.24) is 10.2 Å². The second-order valence-electron chi connectivity index (χ2n) is 7.45. The number of rotatable bonds is 11. The molecule has 1 N–H and O–H groups in total. The summed E-state index contributed by atoms with van der Waals surface area (Å²) in [6.07, 6.45) is 1.92. The quantitative estimate of drug-likeness (QED) is 0.526. The van der Waals surface area contributed by atoms with Gasteiger partial charge < -0.3 is 10.2 Å². The van der Waals surface area contributed by atoms with E-state index in [0.29, 0.717) is 18.8 Å². The van der Waals surface area contributed by atoms with Gasteiger partial charge in [0.1, 0.15) is 11.9 Å². The van der Waals surface area contributed by atoms with Crippen molar-refractivity contribution in [2.75, 3.05) is 12.3 Å². The summed E-state index contributed by atoms with van der Waals surface area (Å²) in [4.78, 5) is 27.3. The van der Waals surface area contributed by atoms with E-state index in [4.69, 9.17) is 0 Å². The zero-order chi connectivity index (χ0) is 21.9. The van der Waals surface area contributed by atoms with Crippen molar-refractivity contribution >= 4 is 23.6 Å². The fourth-order valence-corrected chi connectivity index (χ4v) is 3.92. The standard InChI is InChI=1S/C24H31FN2O2S/c1-4-5-13-26-24(29)19(3)27(15-21-8-6-7-18(2)14-21)23(28)17-30-16-20-9-11-22(25)12-10-20/h6-12,14,19H,4-5,13,15-17H2,1-3H3,(H,26,29). The summed E-state index contributed by atoms with van der Waals surface area (Å²) >= 11 is 1.47. The van der Waals surface area contributed by atoms with Crippen molar-refractivity contribution in [2.45, 2.75) is 52.0 Å². The maximum absolute atomic E-state index is 13.0. The highest BCUT2D eigenvalue weighted by Gasteiger charge is 2.25. The van der Waals surface area contributed by atoms with Gasteiger partial charge in [-0.2, -0.15) is 0 Å². The minimum atomic E-state index is -0.554. The van der Waals surface area contributed by atoms with Crippen LogP contribution in [0.4, 0.5) is 4.39 Å². The molecule has 0 fully saturated rings. The second-order valence-corrected chi connectivity index (χ2v) is 8.44. The fraction of sp³-hybridized carbons (Fsp3) is 0.417. The molecule has 0 saturated heterocycles. The summed E-state index contributed by atoms with van der Waals surface area (Å²) in [5, 5.41) is 2.93. The first kappa shape index (κ1) is 23.9. The van der Waals surface area contributed by atoms with Gasteiger partial charge in [0, 0.05) is 18.8 Å². The number of carbonyl (C=O) groups excluding carboxylic acids is 2. The lowest BCUT2D eigenvalue weighted by Crippen LogP contribution is -2.48. The van der Waals surface area contributed by atoms with E-state index >= 15 is 0 Å². The Kier molecular flexibility index (Phi) is 9.87. The summed E-state index contributed by atoms with van der Waals surface area (Å²) in [5.41, 5.74) is 3.08. The number of amides is 2. The lowest BCUT2D eigenvalue weighted by molar-refractivity contribution is -0.138. The molecule has 162 valence electrons. The van der Waals surface area contributed by atoms with E-state index < -0.39 is 6.04 Å². The van der Waals surface area contributed by atoms with Crippen LogP contribution in [-0.2, 0) is 21.9 Å². The minimum absolute atomic E-state index is 0.0817. The maximum Gasteiger partial charge on any atom is 0.242 e. The van der Waals surface area contributed by atoms with Gasteiger partial charge in [-0.05, 0) is 43.5 Å². The first-order valence-corrected chi connectivity index (χ1v) is 11.5. The maximum atomic E-state index is 13.0. The van der Waals surface area contributed by atoms with Crippen LogP contribution >= 0.6 is 11.8 Å². The van der Waals surface area contributed by atoms with E-state index in [2.05, 4.69) is 12.2 Å². The largest absolute Gasteiger partial charge is 0.354 e. The third-order valence-electron chi connectivity index (χ3n) is 4.84. The van der Waals surface area contributed by atoms with Crippen LogP contribution in [0.1, 0.15) is 43.4 Å². The molecule has 1 atom stereocenters. The summed E-state index contributed by atoms with van der Waals surface area (Å²) in [6.45, 7) is 6.86. The van der Waals surface area contributed by atoms with Crippen molar-refractivity contribution in [2.24, 2.45) is 0 Å². The number of hydrogen-bond donors (Lipinski definition) is 1. The number of nitrogens with one attached hydrogen (secondary N) is 1. The molecule has 4 nitrogen and oxygen atoms in total. The van der Waals surface area contributed by atoms with Crippen molar-refractivity contribution < 1.29 is 14.0 Å². The first-order valence-electron chi connectivity index (χ1n) is 10.4. The average Bonchev–Trinajstić information content (AvgIpc) is 2.73. The molecule has 2 aromatic rings. The van der Waals surface area contributed by atoms with Gasteiger partial charge in [-0.15, -0.1) is 11.8 Å². The molecule has 0 aliphatic heterocycles. The predicted octanol–water partition coefficient (Wildman–Crippen LogP) is 4.70. The van der Waals surface area contributed by atoms with Gasteiger partial charge in [0.2, 0.25) is 11.8 Å². The second kappa shape index (κ2) is 12.4. The zero-order valence-electron chi connectivity index (χ0n) is 18.0. The van der Waals surface area contributed by atoms with Crippen molar-refractivity contribution in [3.05, 3.63) is 71.0 Å². The number of carbonyl (C=O) groups is 2. The minimum Gasteiger partial charge on any atom is -0.354 e. The van der Waals surface area contributed by atoms with Gasteiger partial charge in [0.25, 0.3) is 0 Å². The van der Waals surface area contributed by atoms with Crippen LogP contribution in [0.5, 0.6) is 0 Å². The number of halogens is 1. The number of unbranched alkanes of at least 4 members (excludes halogenated alkanes) is 1. The van der Waals surface area contributed by atoms with Crippen LogP contribution < -0.4 is 5.32 Å².